The third-order valence-electron chi connectivity index (χ3n) is 5.68. The monoisotopic (exact) mass is 510 g/mol. The number of hydrogen-bond donors (Lipinski definition) is 2. The SMILES string of the molecule is COCc1ccccc1.O=CNc1ccc(CCCNc2ncc(-c3ccc4cnccc4c3)s2)cc1. The van der Waals surface area contributed by atoms with E-state index in [-0.39, 0.29) is 0 Å². The second-order valence-electron chi connectivity index (χ2n) is 8.38. The summed E-state index contributed by atoms with van der Waals surface area (Å²) in [6, 6.07) is 26.5. The van der Waals surface area contributed by atoms with Gasteiger partial charge in [-0.3, -0.25) is 9.78 Å². The summed E-state index contributed by atoms with van der Waals surface area (Å²) in [5.74, 6) is 0. The van der Waals surface area contributed by atoms with Gasteiger partial charge in [-0.2, -0.15) is 0 Å². The highest BCUT2D eigenvalue weighted by Gasteiger charge is 2.05. The number of aromatic nitrogens is 2. The number of nitrogens with zero attached hydrogens (tertiary/aromatic N) is 2. The summed E-state index contributed by atoms with van der Waals surface area (Å²) in [6.45, 7) is 1.57. The quantitative estimate of drug-likeness (QED) is 0.160. The zero-order valence-corrected chi connectivity index (χ0v) is 21.6. The fourth-order valence-corrected chi connectivity index (χ4v) is 4.63. The molecular formula is C30H30N4O2S. The van der Waals surface area contributed by atoms with Gasteiger partial charge in [-0.1, -0.05) is 65.9 Å². The standard InChI is InChI=1S/C22H20N4OS.C8H10O/c27-15-26-20-7-3-16(4-8-20)2-1-10-24-22-25-14-21(28-22)18-5-6-19-13-23-11-9-17(19)12-18;1-9-7-8-5-3-2-4-6-8/h3-9,11-15H,1-2,10H2,(H,24,25)(H,26,27);2-6H,7H2,1H3. The van der Waals surface area contributed by atoms with Crippen molar-refractivity contribution in [2.75, 3.05) is 24.3 Å². The predicted octanol–water partition coefficient (Wildman–Crippen LogP) is 6.80. The van der Waals surface area contributed by atoms with Gasteiger partial charge in [-0.15, -0.1) is 0 Å². The van der Waals surface area contributed by atoms with Crippen LogP contribution >= 0.6 is 11.3 Å². The van der Waals surface area contributed by atoms with Gasteiger partial charge in [0.25, 0.3) is 0 Å². The van der Waals surface area contributed by atoms with Gasteiger partial charge in [0.15, 0.2) is 5.13 Å². The molecule has 0 aliphatic carbocycles. The molecule has 3 aromatic carbocycles. The fourth-order valence-electron chi connectivity index (χ4n) is 3.79. The summed E-state index contributed by atoms with van der Waals surface area (Å²) in [4.78, 5) is 20.2. The number of fused-ring (bicyclic) bond motifs is 1. The van der Waals surface area contributed by atoms with E-state index in [1.165, 1.54) is 22.1 Å². The van der Waals surface area contributed by atoms with Crippen LogP contribution in [0, 0.1) is 0 Å². The normalized spacial score (nSPS) is 10.4. The Hall–Kier alpha value is -4.07. The Kier molecular flexibility index (Phi) is 9.75. The van der Waals surface area contributed by atoms with Gasteiger partial charge >= 0.3 is 0 Å². The summed E-state index contributed by atoms with van der Waals surface area (Å²) in [5.41, 5.74) is 4.47. The molecule has 2 N–H and O–H groups in total. The van der Waals surface area contributed by atoms with Gasteiger partial charge in [0, 0.05) is 43.3 Å². The molecule has 5 aromatic rings. The number of nitrogens with one attached hydrogen (secondary N) is 2. The van der Waals surface area contributed by atoms with E-state index in [4.69, 9.17) is 4.74 Å². The molecule has 188 valence electrons. The van der Waals surface area contributed by atoms with E-state index in [9.17, 15) is 4.79 Å². The van der Waals surface area contributed by atoms with Crippen molar-refractivity contribution >= 4 is 39.3 Å². The van der Waals surface area contributed by atoms with E-state index in [1.807, 2.05) is 79.3 Å². The minimum Gasteiger partial charge on any atom is -0.380 e. The minimum atomic E-state index is 0.691. The molecule has 7 heteroatoms. The zero-order chi connectivity index (χ0) is 25.7. The highest BCUT2D eigenvalue weighted by Crippen LogP contribution is 2.31. The van der Waals surface area contributed by atoms with Gasteiger partial charge in [-0.25, -0.2) is 4.98 Å². The van der Waals surface area contributed by atoms with Gasteiger partial charge in [-0.05, 0) is 59.2 Å². The largest absolute Gasteiger partial charge is 0.380 e. The molecular weight excluding hydrogens is 480 g/mol. The van der Waals surface area contributed by atoms with Gasteiger partial charge in [0.2, 0.25) is 6.41 Å². The van der Waals surface area contributed by atoms with E-state index in [0.717, 1.165) is 40.5 Å². The molecule has 0 aliphatic heterocycles. The minimum absolute atomic E-state index is 0.691. The van der Waals surface area contributed by atoms with E-state index in [0.29, 0.717) is 13.0 Å². The van der Waals surface area contributed by atoms with E-state index >= 15 is 0 Å². The lowest BCUT2D eigenvalue weighted by Crippen LogP contribution is -2.02. The highest BCUT2D eigenvalue weighted by atomic mass is 32.1. The Morgan fingerprint density at radius 2 is 1.76 bits per heavy atom. The maximum Gasteiger partial charge on any atom is 0.211 e. The lowest BCUT2D eigenvalue weighted by molar-refractivity contribution is -0.105. The highest BCUT2D eigenvalue weighted by molar-refractivity contribution is 7.18. The van der Waals surface area contributed by atoms with Crippen molar-refractivity contribution in [3.05, 3.63) is 109 Å². The number of anilines is 2. The number of pyridine rings is 1. The number of amides is 1. The third-order valence-corrected chi connectivity index (χ3v) is 6.69. The molecule has 0 saturated heterocycles. The second-order valence-corrected chi connectivity index (χ2v) is 9.41. The molecule has 0 atom stereocenters. The first-order valence-corrected chi connectivity index (χ1v) is 12.9. The number of methoxy groups -OCH3 is 1. The van der Waals surface area contributed by atoms with Crippen LogP contribution < -0.4 is 10.6 Å². The van der Waals surface area contributed by atoms with Crippen LogP contribution in [-0.4, -0.2) is 30.0 Å². The Bertz CT molecular complexity index is 1390. The van der Waals surface area contributed by atoms with Crippen LogP contribution in [0.2, 0.25) is 0 Å². The summed E-state index contributed by atoms with van der Waals surface area (Å²) in [5, 5.41) is 9.33. The number of rotatable bonds is 10. The van der Waals surface area contributed by atoms with Crippen LogP contribution in [0.1, 0.15) is 17.5 Å². The Balaban J connectivity index is 0.000000301. The van der Waals surface area contributed by atoms with Crippen molar-refractivity contribution in [1.82, 2.24) is 9.97 Å². The van der Waals surface area contributed by atoms with E-state index in [2.05, 4.69) is 38.8 Å². The zero-order valence-electron chi connectivity index (χ0n) is 20.8. The molecule has 37 heavy (non-hydrogen) atoms. The first-order valence-electron chi connectivity index (χ1n) is 12.1. The second kappa shape index (κ2) is 13.9. The molecule has 0 bridgehead atoms. The molecule has 0 radical (unpaired) electrons. The van der Waals surface area contributed by atoms with Crippen LogP contribution in [0.5, 0.6) is 0 Å². The number of carbonyl (C=O) groups excluding carboxylic acids is 1. The van der Waals surface area contributed by atoms with Crippen LogP contribution in [0.15, 0.2) is 97.5 Å². The maximum atomic E-state index is 10.4. The van der Waals surface area contributed by atoms with Crippen LogP contribution in [-0.2, 0) is 22.6 Å². The van der Waals surface area contributed by atoms with E-state index in [1.54, 1.807) is 18.4 Å². The van der Waals surface area contributed by atoms with Crippen molar-refractivity contribution < 1.29 is 9.53 Å². The number of thiazole rings is 1. The molecule has 1 amide bonds. The third kappa shape index (κ3) is 7.96. The number of ether oxygens (including phenoxy) is 1. The number of hydrogen-bond acceptors (Lipinski definition) is 6. The molecule has 0 spiro atoms. The smallest absolute Gasteiger partial charge is 0.211 e. The average Bonchev–Trinajstić information content (AvgIpc) is 3.42. The van der Waals surface area contributed by atoms with Gasteiger partial charge < -0.3 is 15.4 Å². The lowest BCUT2D eigenvalue weighted by atomic mass is 10.1. The van der Waals surface area contributed by atoms with Crippen LogP contribution in [0.3, 0.4) is 0 Å². The first kappa shape index (κ1) is 26.0. The average molecular weight is 511 g/mol. The summed E-state index contributed by atoms with van der Waals surface area (Å²) < 4.78 is 4.93. The number of carbonyl (C=O) groups is 1. The molecule has 0 saturated carbocycles. The molecule has 5 rings (SSSR count). The Morgan fingerprint density at radius 3 is 2.54 bits per heavy atom. The molecule has 2 heterocycles. The molecule has 0 aliphatic rings. The summed E-state index contributed by atoms with van der Waals surface area (Å²) in [6.07, 6.45) is 8.30. The number of aryl methyl sites for hydroxylation is 1. The van der Waals surface area contributed by atoms with Crippen LogP contribution in [0.4, 0.5) is 10.8 Å². The van der Waals surface area contributed by atoms with E-state index < -0.39 is 0 Å². The summed E-state index contributed by atoms with van der Waals surface area (Å²) >= 11 is 1.67. The topological polar surface area (TPSA) is 76.1 Å². The summed E-state index contributed by atoms with van der Waals surface area (Å²) in [7, 11) is 1.70. The fraction of sp³-hybridized carbons (Fsp3) is 0.167. The molecule has 0 unspecified atom stereocenters. The van der Waals surface area contributed by atoms with Gasteiger partial charge in [0.1, 0.15) is 0 Å². The number of benzene rings is 3. The molecule has 0 fully saturated rings. The van der Waals surface area contributed by atoms with Crippen molar-refractivity contribution in [2.24, 2.45) is 0 Å². The molecule has 2 aromatic heterocycles. The predicted molar refractivity (Wildman–Crippen MR) is 153 cm³/mol. The molecule has 6 nitrogen and oxygen atoms in total. The maximum absolute atomic E-state index is 10.4. The van der Waals surface area contributed by atoms with Gasteiger partial charge in [0.05, 0.1) is 11.5 Å². The first-order chi connectivity index (χ1) is 18.2. The van der Waals surface area contributed by atoms with Crippen molar-refractivity contribution in [1.29, 1.82) is 0 Å². The van der Waals surface area contributed by atoms with Crippen LogP contribution in [0.25, 0.3) is 21.2 Å². The lowest BCUT2D eigenvalue weighted by Gasteiger charge is -2.04. The Labute approximate surface area is 221 Å². The van der Waals surface area contributed by atoms with Crippen molar-refractivity contribution in [2.45, 2.75) is 19.4 Å². The van der Waals surface area contributed by atoms with Crippen molar-refractivity contribution in [3.63, 3.8) is 0 Å². The Morgan fingerprint density at radius 1 is 0.919 bits per heavy atom. The van der Waals surface area contributed by atoms with Crippen molar-refractivity contribution in [3.8, 4) is 10.4 Å².